The number of carboxylic acids is 1. The second-order valence-corrected chi connectivity index (χ2v) is 6.92. The van der Waals surface area contributed by atoms with E-state index in [1.54, 1.807) is 6.08 Å². The van der Waals surface area contributed by atoms with Crippen LogP contribution < -0.4 is 0 Å². The smallest absolute Gasteiger partial charge is 0.303 e. The van der Waals surface area contributed by atoms with Gasteiger partial charge in [-0.05, 0) is 32.1 Å². The fraction of sp³-hybridized carbons (Fsp3) is 0.591. The van der Waals surface area contributed by atoms with Crippen molar-refractivity contribution in [2.75, 3.05) is 0 Å². The van der Waals surface area contributed by atoms with E-state index >= 15 is 0 Å². The Hall–Kier alpha value is -1.73. The number of hydrogen-bond acceptors (Lipinski definition) is 5. The first-order chi connectivity index (χ1) is 13.4. The van der Waals surface area contributed by atoms with Crippen molar-refractivity contribution >= 4 is 5.97 Å². The van der Waals surface area contributed by atoms with Gasteiger partial charge in [-0.25, -0.2) is 0 Å². The van der Waals surface area contributed by atoms with Crippen LogP contribution >= 0.6 is 0 Å². The van der Waals surface area contributed by atoms with Crippen LogP contribution in [-0.4, -0.2) is 56.9 Å². The Balaban J connectivity index is 2.23. The first-order valence-corrected chi connectivity index (χ1v) is 9.98. The van der Waals surface area contributed by atoms with Crippen LogP contribution in [0.25, 0.3) is 0 Å². The molecule has 28 heavy (non-hydrogen) atoms. The predicted octanol–water partition coefficient (Wildman–Crippen LogP) is 2.90. The Bertz CT molecular complexity index is 551. The molecule has 1 rings (SSSR count). The molecule has 1 aliphatic heterocycles. The third-order valence-corrected chi connectivity index (χ3v) is 4.52. The number of carboxylic acid groups (broad SMARTS) is 1. The molecule has 0 spiro atoms. The highest BCUT2D eigenvalue weighted by molar-refractivity contribution is 5.66. The van der Waals surface area contributed by atoms with E-state index in [0.717, 1.165) is 12.8 Å². The third-order valence-electron chi connectivity index (χ3n) is 4.52. The summed E-state index contributed by atoms with van der Waals surface area (Å²) in [5.74, 6) is -0.783. The van der Waals surface area contributed by atoms with Crippen LogP contribution in [0.3, 0.4) is 0 Å². The van der Waals surface area contributed by atoms with E-state index in [-0.39, 0.29) is 12.5 Å². The molecule has 0 radical (unpaired) electrons. The maximum absolute atomic E-state index is 10.4. The minimum atomic E-state index is -0.837. The number of rotatable bonds is 13. The summed E-state index contributed by atoms with van der Waals surface area (Å²) in [6.07, 6.45) is 15.9. The van der Waals surface area contributed by atoms with Gasteiger partial charge in [0.25, 0.3) is 0 Å². The number of ether oxygens (including phenoxy) is 1. The monoisotopic (exact) mass is 394 g/mol. The van der Waals surface area contributed by atoms with E-state index in [1.165, 1.54) is 6.08 Å². The van der Waals surface area contributed by atoms with E-state index in [4.69, 9.17) is 9.84 Å². The molecule has 0 saturated carbocycles. The zero-order valence-corrected chi connectivity index (χ0v) is 16.6. The largest absolute Gasteiger partial charge is 0.481 e. The molecule has 1 aliphatic rings. The van der Waals surface area contributed by atoms with Gasteiger partial charge in [-0.15, -0.1) is 0 Å². The zero-order valence-electron chi connectivity index (χ0n) is 16.6. The van der Waals surface area contributed by atoms with Gasteiger partial charge in [-0.1, -0.05) is 55.5 Å². The van der Waals surface area contributed by atoms with Gasteiger partial charge in [0.15, 0.2) is 0 Å². The van der Waals surface area contributed by atoms with E-state index in [2.05, 4.69) is 0 Å². The van der Waals surface area contributed by atoms with Gasteiger partial charge in [0.2, 0.25) is 0 Å². The second-order valence-electron chi connectivity index (χ2n) is 6.92. The van der Waals surface area contributed by atoms with Gasteiger partial charge in [0.1, 0.15) is 0 Å². The van der Waals surface area contributed by atoms with Crippen molar-refractivity contribution in [3.8, 4) is 0 Å². The minimum Gasteiger partial charge on any atom is -0.481 e. The van der Waals surface area contributed by atoms with Gasteiger partial charge >= 0.3 is 5.97 Å². The van der Waals surface area contributed by atoms with Crippen LogP contribution in [0.1, 0.15) is 51.9 Å². The fourth-order valence-electron chi connectivity index (χ4n) is 2.79. The molecule has 158 valence electrons. The molecule has 0 aromatic rings. The lowest BCUT2D eigenvalue weighted by molar-refractivity contribution is -0.136. The molecule has 0 aromatic heterocycles. The fourth-order valence-corrected chi connectivity index (χ4v) is 2.79. The normalized spacial score (nSPS) is 25.5. The number of allylic oxidation sites excluding steroid dienone is 5. The average molecular weight is 395 g/mol. The van der Waals surface area contributed by atoms with Gasteiger partial charge in [0.05, 0.1) is 30.5 Å². The summed E-state index contributed by atoms with van der Waals surface area (Å²) in [6.45, 7) is 1.86. The number of aliphatic carboxylic acids is 1. The van der Waals surface area contributed by atoms with Gasteiger partial charge in [-0.2, -0.15) is 0 Å². The van der Waals surface area contributed by atoms with Crippen LogP contribution in [0, 0.1) is 0 Å². The lowest BCUT2D eigenvalue weighted by atomic mass is 10.0. The summed E-state index contributed by atoms with van der Waals surface area (Å²) in [5.41, 5.74) is 0. The number of carbonyl (C=O) groups is 1. The third kappa shape index (κ3) is 10.6. The maximum atomic E-state index is 10.4. The maximum Gasteiger partial charge on any atom is 0.303 e. The van der Waals surface area contributed by atoms with Crippen molar-refractivity contribution in [2.24, 2.45) is 0 Å². The highest BCUT2D eigenvalue weighted by Gasteiger charge is 2.36. The molecule has 4 N–H and O–H groups in total. The molecule has 0 amide bonds. The molecule has 1 heterocycles. The average Bonchev–Trinajstić information content (AvgIpc) is 3.04. The quantitative estimate of drug-likeness (QED) is 0.358. The Morgan fingerprint density at radius 3 is 2.36 bits per heavy atom. The summed E-state index contributed by atoms with van der Waals surface area (Å²) in [4.78, 5) is 10.4. The van der Waals surface area contributed by atoms with Crippen LogP contribution in [0.5, 0.6) is 0 Å². The summed E-state index contributed by atoms with van der Waals surface area (Å²) in [5, 5.41) is 38.2. The molecule has 0 unspecified atom stereocenters. The van der Waals surface area contributed by atoms with Crippen LogP contribution in [0.4, 0.5) is 0 Å². The Morgan fingerprint density at radius 1 is 1.07 bits per heavy atom. The summed E-state index contributed by atoms with van der Waals surface area (Å²) < 4.78 is 5.75. The number of aliphatic hydroxyl groups excluding tert-OH is 3. The summed E-state index contributed by atoms with van der Waals surface area (Å²) >= 11 is 0. The molecule has 6 heteroatoms. The molecule has 6 nitrogen and oxygen atoms in total. The molecule has 0 aromatic carbocycles. The molecular formula is C22H34O6. The van der Waals surface area contributed by atoms with Gasteiger partial charge < -0.3 is 25.2 Å². The number of aliphatic hydroxyl groups is 3. The highest BCUT2D eigenvalue weighted by atomic mass is 16.5. The van der Waals surface area contributed by atoms with Crippen molar-refractivity contribution in [1.29, 1.82) is 0 Å². The lowest BCUT2D eigenvalue weighted by Crippen LogP contribution is -2.24. The van der Waals surface area contributed by atoms with E-state index in [9.17, 15) is 20.1 Å². The van der Waals surface area contributed by atoms with Crippen molar-refractivity contribution in [3.63, 3.8) is 0 Å². The molecule has 1 saturated heterocycles. The van der Waals surface area contributed by atoms with Crippen molar-refractivity contribution in [1.82, 2.24) is 0 Å². The zero-order chi connectivity index (χ0) is 20.8. The number of hydrogen-bond donors (Lipinski definition) is 4. The van der Waals surface area contributed by atoms with Gasteiger partial charge in [0, 0.05) is 12.8 Å². The minimum absolute atomic E-state index is 0.160. The lowest BCUT2D eigenvalue weighted by Gasteiger charge is -2.16. The first-order valence-electron chi connectivity index (χ1n) is 9.98. The topological polar surface area (TPSA) is 107 Å². The van der Waals surface area contributed by atoms with E-state index in [1.807, 2.05) is 43.4 Å². The summed E-state index contributed by atoms with van der Waals surface area (Å²) in [7, 11) is 0. The molecule has 1 fully saturated rings. The Labute approximate surface area is 167 Å². The van der Waals surface area contributed by atoms with Crippen molar-refractivity contribution in [3.05, 3.63) is 48.6 Å². The highest BCUT2D eigenvalue weighted by Crippen LogP contribution is 2.26. The first kappa shape index (κ1) is 24.3. The van der Waals surface area contributed by atoms with Crippen LogP contribution in [0.15, 0.2) is 48.6 Å². The van der Waals surface area contributed by atoms with Crippen LogP contribution in [0.2, 0.25) is 0 Å². The molecule has 5 atom stereocenters. The van der Waals surface area contributed by atoms with Gasteiger partial charge in [-0.3, -0.25) is 4.79 Å². The molecule has 0 bridgehead atoms. The SMILES string of the molecule is CC[C@H](O)/C=C/[C@@H](O)[C@@H]1C[C@@H](O)[C@@H](C/C=C\C/C=C\C/C=C\CCC(=O)O)O1. The van der Waals surface area contributed by atoms with Crippen LogP contribution in [-0.2, 0) is 9.53 Å². The molecule has 0 aliphatic carbocycles. The van der Waals surface area contributed by atoms with Crippen molar-refractivity contribution in [2.45, 2.75) is 82.4 Å². The van der Waals surface area contributed by atoms with Crippen molar-refractivity contribution < 1.29 is 30.0 Å². The Kier molecular flexibility index (Phi) is 12.4. The standard InChI is InChI=1S/C22H34O6/c1-2-17(23)14-15-18(24)21-16-19(25)20(28-21)12-10-8-6-4-3-5-7-9-11-13-22(26)27/h3-4,7-10,14-15,17-21,23-25H,2,5-6,11-13,16H2,1H3,(H,26,27)/b4-3-,9-7-,10-8-,15-14+/t17-,18+,19+,20+,21-/m0/s1. The predicted molar refractivity (Wildman–Crippen MR) is 109 cm³/mol. The Morgan fingerprint density at radius 2 is 1.71 bits per heavy atom. The molecular weight excluding hydrogens is 360 g/mol. The summed E-state index contributed by atoms with van der Waals surface area (Å²) in [6, 6.07) is 0. The van der Waals surface area contributed by atoms with E-state index < -0.39 is 30.4 Å². The second kappa shape index (κ2) is 14.3. The van der Waals surface area contributed by atoms with E-state index in [0.29, 0.717) is 25.7 Å².